The summed E-state index contributed by atoms with van der Waals surface area (Å²) in [5, 5.41) is 9.72. The van der Waals surface area contributed by atoms with E-state index < -0.39 is 0 Å². The third-order valence-corrected chi connectivity index (χ3v) is 5.06. The summed E-state index contributed by atoms with van der Waals surface area (Å²) in [7, 11) is 0. The second-order valence-corrected chi connectivity index (χ2v) is 6.83. The van der Waals surface area contributed by atoms with Crippen LogP contribution in [0.3, 0.4) is 0 Å². The van der Waals surface area contributed by atoms with E-state index in [1.165, 1.54) is 16.8 Å². The van der Waals surface area contributed by atoms with E-state index in [4.69, 9.17) is 0 Å². The zero-order valence-electron chi connectivity index (χ0n) is 14.3. The van der Waals surface area contributed by atoms with Crippen molar-refractivity contribution in [3.05, 3.63) is 22.4 Å². The summed E-state index contributed by atoms with van der Waals surface area (Å²) in [6.45, 7) is 9.03. The predicted octanol–water partition coefficient (Wildman–Crippen LogP) is 1.65. The fourth-order valence-electron chi connectivity index (χ4n) is 3.82. The van der Waals surface area contributed by atoms with Gasteiger partial charge in [0.2, 0.25) is 5.91 Å². The van der Waals surface area contributed by atoms with E-state index in [2.05, 4.69) is 29.8 Å². The van der Waals surface area contributed by atoms with Gasteiger partial charge in [-0.2, -0.15) is 5.26 Å². The summed E-state index contributed by atoms with van der Waals surface area (Å²) in [5.41, 5.74) is 4.71. The second kappa shape index (κ2) is 6.19. The van der Waals surface area contributed by atoms with Gasteiger partial charge in [0.25, 0.3) is 5.82 Å². The highest BCUT2D eigenvalue weighted by Crippen LogP contribution is 2.33. The van der Waals surface area contributed by atoms with Crippen molar-refractivity contribution in [3.8, 4) is 6.07 Å². The van der Waals surface area contributed by atoms with E-state index in [1.807, 2.05) is 4.90 Å². The molecule has 1 aliphatic carbocycles. The maximum Gasteiger partial charge on any atom is 0.293 e. The van der Waals surface area contributed by atoms with Crippen LogP contribution in [-0.4, -0.2) is 37.0 Å². The molecule has 1 aromatic rings. The first-order chi connectivity index (χ1) is 11.0. The molecule has 1 N–H and O–H groups in total. The van der Waals surface area contributed by atoms with E-state index >= 15 is 0 Å². The number of amides is 1. The standard InChI is InChI=1S/C18H24N4O/c1-12(2)17-15-6-4-5-14(15)16(11-19)18(20-17)22-9-7-21(8-10-22)13(3)23/h12H,4-10H2,1-3H3/p+1. The van der Waals surface area contributed by atoms with E-state index in [0.717, 1.165) is 56.8 Å². The van der Waals surface area contributed by atoms with Crippen molar-refractivity contribution < 1.29 is 9.78 Å². The maximum atomic E-state index is 11.5. The molecule has 0 radical (unpaired) electrons. The molecule has 2 aliphatic rings. The lowest BCUT2D eigenvalue weighted by Gasteiger charge is -2.31. The van der Waals surface area contributed by atoms with Gasteiger partial charge >= 0.3 is 0 Å². The minimum Gasteiger partial charge on any atom is -0.335 e. The van der Waals surface area contributed by atoms with Gasteiger partial charge < -0.3 is 4.90 Å². The van der Waals surface area contributed by atoms with E-state index in [9.17, 15) is 10.1 Å². The molecule has 0 saturated carbocycles. The molecule has 3 rings (SSSR count). The Hall–Kier alpha value is -2.09. The molecule has 0 atom stereocenters. The topological polar surface area (TPSA) is 61.5 Å². The number of fused-ring (bicyclic) bond motifs is 1. The summed E-state index contributed by atoms with van der Waals surface area (Å²) in [4.78, 5) is 19.2. The van der Waals surface area contributed by atoms with Crippen molar-refractivity contribution >= 4 is 11.7 Å². The van der Waals surface area contributed by atoms with Crippen LogP contribution in [0.1, 0.15) is 55.5 Å². The summed E-state index contributed by atoms with van der Waals surface area (Å²) < 4.78 is 0. The Morgan fingerprint density at radius 2 is 1.83 bits per heavy atom. The van der Waals surface area contributed by atoms with E-state index in [-0.39, 0.29) is 5.91 Å². The maximum absolute atomic E-state index is 11.5. The highest BCUT2D eigenvalue weighted by atomic mass is 16.2. The first-order valence-corrected chi connectivity index (χ1v) is 8.54. The number of pyridine rings is 1. The monoisotopic (exact) mass is 313 g/mol. The van der Waals surface area contributed by atoms with Crippen LogP contribution in [0.25, 0.3) is 0 Å². The van der Waals surface area contributed by atoms with E-state index in [1.54, 1.807) is 6.92 Å². The molecule has 5 nitrogen and oxygen atoms in total. The van der Waals surface area contributed by atoms with Crippen LogP contribution in [0.5, 0.6) is 0 Å². The molecule has 2 heterocycles. The molecule has 122 valence electrons. The highest BCUT2D eigenvalue weighted by molar-refractivity contribution is 5.73. The van der Waals surface area contributed by atoms with Crippen LogP contribution in [-0.2, 0) is 17.6 Å². The number of nitriles is 1. The second-order valence-electron chi connectivity index (χ2n) is 6.83. The van der Waals surface area contributed by atoms with Crippen LogP contribution >= 0.6 is 0 Å². The molecular formula is C18H25N4O+. The fourth-order valence-corrected chi connectivity index (χ4v) is 3.82. The minimum absolute atomic E-state index is 0.131. The zero-order chi connectivity index (χ0) is 16.6. The van der Waals surface area contributed by atoms with Crippen molar-refractivity contribution in [2.45, 2.75) is 46.0 Å². The number of H-pyrrole nitrogens is 1. The molecule has 23 heavy (non-hydrogen) atoms. The molecule has 0 unspecified atom stereocenters. The van der Waals surface area contributed by atoms with Crippen molar-refractivity contribution in [2.75, 3.05) is 31.1 Å². The van der Waals surface area contributed by atoms with Gasteiger partial charge in [0.15, 0.2) is 0 Å². The highest BCUT2D eigenvalue weighted by Gasteiger charge is 2.33. The van der Waals surface area contributed by atoms with Gasteiger partial charge in [-0.15, -0.1) is 0 Å². The Labute approximate surface area is 137 Å². The zero-order valence-corrected chi connectivity index (χ0v) is 14.3. The average molecular weight is 313 g/mol. The normalized spacial score (nSPS) is 17.3. The van der Waals surface area contributed by atoms with Gasteiger partial charge in [-0.3, -0.25) is 9.69 Å². The molecule has 1 aromatic heterocycles. The number of rotatable bonds is 2. The predicted molar refractivity (Wildman–Crippen MR) is 88.3 cm³/mol. The molecule has 5 heteroatoms. The van der Waals surface area contributed by atoms with E-state index in [0.29, 0.717) is 5.92 Å². The number of carbonyl (C=O) groups excluding carboxylic acids is 1. The third kappa shape index (κ3) is 2.78. The Kier molecular flexibility index (Phi) is 4.25. The Morgan fingerprint density at radius 1 is 1.17 bits per heavy atom. The van der Waals surface area contributed by atoms with Crippen molar-refractivity contribution in [3.63, 3.8) is 0 Å². The fraction of sp³-hybridized carbons (Fsp3) is 0.611. The van der Waals surface area contributed by atoms with Crippen LogP contribution in [0, 0.1) is 11.3 Å². The Bertz CT molecular complexity index is 667. The van der Waals surface area contributed by atoms with Gasteiger partial charge in [-0.05, 0) is 30.4 Å². The molecule has 1 saturated heterocycles. The molecule has 1 aliphatic heterocycles. The summed E-state index contributed by atoms with van der Waals surface area (Å²) in [6, 6.07) is 2.44. The van der Waals surface area contributed by atoms with Crippen LogP contribution in [0.4, 0.5) is 5.82 Å². The average Bonchev–Trinajstić information content (AvgIpc) is 3.02. The van der Waals surface area contributed by atoms with Crippen molar-refractivity contribution in [1.82, 2.24) is 4.90 Å². The number of hydrogen-bond acceptors (Lipinski definition) is 3. The van der Waals surface area contributed by atoms with Crippen LogP contribution in [0.15, 0.2) is 0 Å². The number of carbonyl (C=O) groups is 1. The lowest BCUT2D eigenvalue weighted by atomic mass is 9.97. The smallest absolute Gasteiger partial charge is 0.293 e. The number of nitrogens with one attached hydrogen (secondary N) is 1. The summed E-state index contributed by atoms with van der Waals surface area (Å²) in [6.07, 6.45) is 3.22. The van der Waals surface area contributed by atoms with Crippen molar-refractivity contribution in [1.29, 1.82) is 5.26 Å². The number of hydrogen-bond donors (Lipinski definition) is 0. The third-order valence-electron chi connectivity index (χ3n) is 5.06. The van der Waals surface area contributed by atoms with Gasteiger partial charge in [0, 0.05) is 12.8 Å². The number of nitrogens with zero attached hydrogens (tertiary/aromatic N) is 3. The molecule has 0 spiro atoms. The molecule has 0 bridgehead atoms. The minimum atomic E-state index is 0.131. The Balaban J connectivity index is 1.98. The first-order valence-electron chi connectivity index (χ1n) is 8.54. The Morgan fingerprint density at radius 3 is 2.39 bits per heavy atom. The molecule has 0 aromatic carbocycles. The quantitative estimate of drug-likeness (QED) is 0.834. The number of aromatic amines is 1. The van der Waals surface area contributed by atoms with Crippen molar-refractivity contribution in [2.24, 2.45) is 0 Å². The van der Waals surface area contributed by atoms with Gasteiger partial charge in [-0.25, -0.2) is 4.98 Å². The van der Waals surface area contributed by atoms with Gasteiger partial charge in [-0.1, -0.05) is 13.8 Å². The molecular weight excluding hydrogens is 288 g/mol. The number of aromatic nitrogens is 1. The summed E-state index contributed by atoms with van der Waals surface area (Å²) >= 11 is 0. The lowest BCUT2D eigenvalue weighted by Crippen LogP contribution is -2.50. The molecule has 1 fully saturated rings. The number of piperazine rings is 1. The van der Waals surface area contributed by atoms with Crippen LogP contribution < -0.4 is 9.88 Å². The van der Waals surface area contributed by atoms with Gasteiger partial charge in [0.05, 0.1) is 13.1 Å². The largest absolute Gasteiger partial charge is 0.335 e. The SMILES string of the molecule is CC(=O)N1CCN(c2[nH+]c(C(C)C)c3c(c2C#N)CCC3)CC1. The summed E-state index contributed by atoms with van der Waals surface area (Å²) in [5.74, 6) is 1.51. The van der Waals surface area contributed by atoms with Gasteiger partial charge in [0.1, 0.15) is 30.4 Å². The number of anilines is 1. The molecule has 1 amide bonds. The van der Waals surface area contributed by atoms with Crippen LogP contribution in [0.2, 0.25) is 0 Å². The lowest BCUT2D eigenvalue weighted by molar-refractivity contribution is -0.379. The first kappa shape index (κ1) is 15.8.